The summed E-state index contributed by atoms with van der Waals surface area (Å²) in [6, 6.07) is 18.2. The van der Waals surface area contributed by atoms with Gasteiger partial charge in [0.2, 0.25) is 5.91 Å². The molecule has 0 unspecified atom stereocenters. The first-order valence-corrected chi connectivity index (χ1v) is 8.02. The molecule has 120 valence electrons. The highest BCUT2D eigenvalue weighted by atomic mass is 16.5. The molecule has 23 heavy (non-hydrogen) atoms. The molecule has 1 amide bonds. The Balaban J connectivity index is 1.62. The molecule has 4 nitrogen and oxygen atoms in total. The summed E-state index contributed by atoms with van der Waals surface area (Å²) in [7, 11) is 0. The average Bonchev–Trinajstić information content (AvgIpc) is 2.63. The predicted molar refractivity (Wildman–Crippen MR) is 92.4 cm³/mol. The third kappa shape index (κ3) is 3.90. The van der Waals surface area contributed by atoms with Crippen molar-refractivity contribution in [3.63, 3.8) is 0 Å². The standard InChI is InChI=1S/C19H22N2O2/c1-15(19(22)21-11-13-23-14-12-21)20-18-9-7-17(8-10-18)16-5-3-2-4-6-16/h2-10,15,20H,11-14H2,1H3/t15-/m1/s1. The van der Waals surface area contributed by atoms with Crippen LogP contribution in [0.3, 0.4) is 0 Å². The lowest BCUT2D eigenvalue weighted by Crippen LogP contribution is -2.46. The van der Waals surface area contributed by atoms with Crippen LogP contribution in [-0.4, -0.2) is 43.2 Å². The first kappa shape index (κ1) is 15.6. The number of carbonyl (C=O) groups excluding carboxylic acids is 1. The van der Waals surface area contributed by atoms with Crippen LogP contribution in [0.4, 0.5) is 5.69 Å². The number of carbonyl (C=O) groups is 1. The molecule has 0 saturated carbocycles. The second-order valence-corrected chi connectivity index (χ2v) is 5.75. The van der Waals surface area contributed by atoms with Crippen molar-refractivity contribution in [1.29, 1.82) is 0 Å². The van der Waals surface area contributed by atoms with Gasteiger partial charge in [0.05, 0.1) is 13.2 Å². The number of ether oxygens (including phenoxy) is 1. The molecule has 1 atom stereocenters. The fraction of sp³-hybridized carbons (Fsp3) is 0.316. The largest absolute Gasteiger partial charge is 0.378 e. The van der Waals surface area contributed by atoms with E-state index < -0.39 is 0 Å². The van der Waals surface area contributed by atoms with E-state index in [1.54, 1.807) is 0 Å². The first-order chi connectivity index (χ1) is 11.2. The summed E-state index contributed by atoms with van der Waals surface area (Å²) >= 11 is 0. The Morgan fingerprint density at radius 2 is 1.61 bits per heavy atom. The van der Waals surface area contributed by atoms with E-state index >= 15 is 0 Å². The number of nitrogens with one attached hydrogen (secondary N) is 1. The molecule has 0 aromatic heterocycles. The number of anilines is 1. The van der Waals surface area contributed by atoms with Gasteiger partial charge in [-0.25, -0.2) is 0 Å². The van der Waals surface area contributed by atoms with Crippen LogP contribution in [0, 0.1) is 0 Å². The highest BCUT2D eigenvalue weighted by Gasteiger charge is 2.22. The van der Waals surface area contributed by atoms with E-state index in [1.807, 2.05) is 42.2 Å². The van der Waals surface area contributed by atoms with E-state index in [0.29, 0.717) is 26.3 Å². The lowest BCUT2D eigenvalue weighted by atomic mass is 10.1. The lowest BCUT2D eigenvalue weighted by Gasteiger charge is -2.29. The number of nitrogens with zero attached hydrogens (tertiary/aromatic N) is 1. The van der Waals surface area contributed by atoms with E-state index in [2.05, 4.69) is 29.6 Å². The zero-order chi connectivity index (χ0) is 16.1. The summed E-state index contributed by atoms with van der Waals surface area (Å²) in [5.41, 5.74) is 3.32. The van der Waals surface area contributed by atoms with Crippen LogP contribution >= 0.6 is 0 Å². The number of morpholine rings is 1. The van der Waals surface area contributed by atoms with Crippen LogP contribution in [0.15, 0.2) is 54.6 Å². The van der Waals surface area contributed by atoms with Gasteiger partial charge in [0.1, 0.15) is 6.04 Å². The van der Waals surface area contributed by atoms with Gasteiger partial charge in [0.15, 0.2) is 0 Å². The second-order valence-electron chi connectivity index (χ2n) is 5.75. The minimum Gasteiger partial charge on any atom is -0.378 e. The molecule has 0 aliphatic carbocycles. The third-order valence-corrected chi connectivity index (χ3v) is 4.07. The summed E-state index contributed by atoms with van der Waals surface area (Å²) < 4.78 is 5.29. The average molecular weight is 310 g/mol. The van der Waals surface area contributed by atoms with Gasteiger partial charge in [-0.2, -0.15) is 0 Å². The van der Waals surface area contributed by atoms with E-state index in [1.165, 1.54) is 11.1 Å². The zero-order valence-electron chi connectivity index (χ0n) is 13.4. The van der Waals surface area contributed by atoms with Crippen molar-refractivity contribution in [2.75, 3.05) is 31.6 Å². The quantitative estimate of drug-likeness (QED) is 0.944. The molecule has 2 aromatic carbocycles. The number of rotatable bonds is 4. The topological polar surface area (TPSA) is 41.6 Å². The fourth-order valence-corrected chi connectivity index (χ4v) is 2.76. The Labute approximate surface area is 137 Å². The number of amides is 1. The second kappa shape index (κ2) is 7.29. The molecule has 1 saturated heterocycles. The first-order valence-electron chi connectivity index (χ1n) is 8.02. The van der Waals surface area contributed by atoms with Gasteiger partial charge in [-0.05, 0) is 30.2 Å². The molecule has 1 N–H and O–H groups in total. The van der Waals surface area contributed by atoms with Crippen molar-refractivity contribution in [3.8, 4) is 11.1 Å². The molecule has 0 radical (unpaired) electrons. The van der Waals surface area contributed by atoms with E-state index in [-0.39, 0.29) is 11.9 Å². The Morgan fingerprint density at radius 3 is 2.26 bits per heavy atom. The van der Waals surface area contributed by atoms with Gasteiger partial charge < -0.3 is 15.0 Å². The lowest BCUT2D eigenvalue weighted by molar-refractivity contribution is -0.135. The minimum absolute atomic E-state index is 0.125. The number of benzene rings is 2. The van der Waals surface area contributed by atoms with Crippen LogP contribution < -0.4 is 5.32 Å². The molecule has 2 aromatic rings. The van der Waals surface area contributed by atoms with Gasteiger partial charge in [0, 0.05) is 18.8 Å². The third-order valence-electron chi connectivity index (χ3n) is 4.07. The highest BCUT2D eigenvalue weighted by molar-refractivity contribution is 5.84. The normalized spacial score (nSPS) is 16.0. The van der Waals surface area contributed by atoms with E-state index in [0.717, 1.165) is 5.69 Å². The van der Waals surface area contributed by atoms with Crippen LogP contribution in [0.5, 0.6) is 0 Å². The van der Waals surface area contributed by atoms with Crippen molar-refractivity contribution in [1.82, 2.24) is 4.90 Å². The minimum atomic E-state index is -0.240. The highest BCUT2D eigenvalue weighted by Crippen LogP contribution is 2.21. The molecule has 0 spiro atoms. The van der Waals surface area contributed by atoms with Crippen molar-refractivity contribution < 1.29 is 9.53 Å². The summed E-state index contributed by atoms with van der Waals surface area (Å²) in [5.74, 6) is 0.125. The van der Waals surface area contributed by atoms with Gasteiger partial charge in [0.25, 0.3) is 0 Å². The predicted octanol–water partition coefficient (Wildman–Crippen LogP) is 3.01. The Morgan fingerprint density at radius 1 is 1.00 bits per heavy atom. The maximum atomic E-state index is 12.4. The van der Waals surface area contributed by atoms with Crippen molar-refractivity contribution in [3.05, 3.63) is 54.6 Å². The molecule has 0 bridgehead atoms. The van der Waals surface area contributed by atoms with Crippen molar-refractivity contribution in [2.45, 2.75) is 13.0 Å². The van der Waals surface area contributed by atoms with Crippen molar-refractivity contribution in [2.24, 2.45) is 0 Å². The van der Waals surface area contributed by atoms with Crippen LogP contribution in [0.1, 0.15) is 6.92 Å². The molecule has 1 aliphatic rings. The Bertz CT molecular complexity index is 634. The molecule has 1 fully saturated rings. The summed E-state index contributed by atoms with van der Waals surface area (Å²) in [5, 5.41) is 3.29. The van der Waals surface area contributed by atoms with E-state index in [9.17, 15) is 4.79 Å². The van der Waals surface area contributed by atoms with Gasteiger partial charge in [-0.1, -0.05) is 42.5 Å². The smallest absolute Gasteiger partial charge is 0.244 e. The molecular weight excluding hydrogens is 288 g/mol. The SMILES string of the molecule is C[C@@H](Nc1ccc(-c2ccccc2)cc1)C(=O)N1CCOCC1. The molecule has 1 heterocycles. The summed E-state index contributed by atoms with van der Waals surface area (Å²) in [4.78, 5) is 14.3. The van der Waals surface area contributed by atoms with Crippen molar-refractivity contribution >= 4 is 11.6 Å². The summed E-state index contributed by atoms with van der Waals surface area (Å²) in [6.45, 7) is 4.52. The fourth-order valence-electron chi connectivity index (χ4n) is 2.76. The van der Waals surface area contributed by atoms with Gasteiger partial charge in [-0.15, -0.1) is 0 Å². The van der Waals surface area contributed by atoms with Gasteiger partial charge >= 0.3 is 0 Å². The molecule has 1 aliphatic heterocycles. The maximum absolute atomic E-state index is 12.4. The number of hydrogen-bond acceptors (Lipinski definition) is 3. The van der Waals surface area contributed by atoms with Crippen LogP contribution in [-0.2, 0) is 9.53 Å². The number of hydrogen-bond donors (Lipinski definition) is 1. The monoisotopic (exact) mass is 310 g/mol. The Hall–Kier alpha value is -2.33. The van der Waals surface area contributed by atoms with Gasteiger partial charge in [-0.3, -0.25) is 4.79 Å². The molecule has 3 rings (SSSR count). The van der Waals surface area contributed by atoms with Crippen LogP contribution in [0.25, 0.3) is 11.1 Å². The zero-order valence-corrected chi connectivity index (χ0v) is 13.4. The molecular formula is C19H22N2O2. The summed E-state index contributed by atoms with van der Waals surface area (Å²) in [6.07, 6.45) is 0. The maximum Gasteiger partial charge on any atom is 0.244 e. The van der Waals surface area contributed by atoms with Crippen LogP contribution in [0.2, 0.25) is 0 Å². The molecule has 4 heteroatoms. The Kier molecular flexibility index (Phi) is 4.93. The van der Waals surface area contributed by atoms with E-state index in [4.69, 9.17) is 4.74 Å².